The molecule has 0 aliphatic rings. The molecule has 0 radical (unpaired) electrons. The first-order chi connectivity index (χ1) is 8.68. The van der Waals surface area contributed by atoms with Crippen LogP contribution in [-0.4, -0.2) is 16.1 Å². The van der Waals surface area contributed by atoms with Gasteiger partial charge in [-0.2, -0.15) is 0 Å². The summed E-state index contributed by atoms with van der Waals surface area (Å²) in [5, 5.41) is 0. The van der Waals surface area contributed by atoms with Gasteiger partial charge in [0.2, 0.25) is 0 Å². The molecule has 0 saturated carbocycles. The van der Waals surface area contributed by atoms with Gasteiger partial charge in [0, 0.05) is 19.0 Å². The second kappa shape index (κ2) is 4.34. The smallest absolute Gasteiger partial charge is 0.116 e. The van der Waals surface area contributed by atoms with Crippen molar-refractivity contribution in [2.24, 2.45) is 12.8 Å². The number of imidazole rings is 1. The highest BCUT2D eigenvalue weighted by atomic mass is 15.1. The minimum atomic E-state index is -0.108. The van der Waals surface area contributed by atoms with E-state index in [1.54, 1.807) is 0 Å². The summed E-state index contributed by atoms with van der Waals surface area (Å²) in [5.41, 5.74) is 9.47. The van der Waals surface area contributed by atoms with Crippen molar-refractivity contribution in [2.75, 3.05) is 6.54 Å². The highest BCUT2D eigenvalue weighted by Crippen LogP contribution is 2.32. The normalized spacial score (nSPS) is 13.2. The van der Waals surface area contributed by atoms with Gasteiger partial charge in [0.05, 0.1) is 11.0 Å². The molecular weight excluding hydrogens is 234 g/mol. The van der Waals surface area contributed by atoms with E-state index in [1.807, 2.05) is 0 Å². The Morgan fingerprint density at radius 1 is 1.16 bits per heavy atom. The summed E-state index contributed by atoms with van der Waals surface area (Å²) >= 11 is 0. The lowest BCUT2D eigenvalue weighted by Crippen LogP contribution is -2.31. The van der Waals surface area contributed by atoms with E-state index in [1.165, 1.54) is 11.1 Å². The SMILES string of the molecule is Cn1c(C(C)(C)CN)nc2c(C(C)(C)C)cccc21. The Morgan fingerprint density at radius 3 is 2.32 bits per heavy atom. The molecule has 0 aliphatic heterocycles. The van der Waals surface area contributed by atoms with Gasteiger partial charge in [0.1, 0.15) is 5.82 Å². The highest BCUT2D eigenvalue weighted by molar-refractivity contribution is 5.81. The standard InChI is InChI=1S/C16H25N3/c1-15(2,3)11-8-7-9-12-13(11)18-14(19(12)6)16(4,5)10-17/h7-9H,10,17H2,1-6H3. The molecule has 3 nitrogen and oxygen atoms in total. The largest absolute Gasteiger partial charge is 0.331 e. The Labute approximate surface area is 115 Å². The summed E-state index contributed by atoms with van der Waals surface area (Å²) in [4.78, 5) is 4.90. The monoisotopic (exact) mass is 259 g/mol. The lowest BCUT2D eigenvalue weighted by molar-refractivity contribution is 0.487. The molecule has 0 spiro atoms. The number of rotatable bonds is 2. The molecule has 2 rings (SSSR count). The Morgan fingerprint density at radius 2 is 1.79 bits per heavy atom. The molecule has 0 aliphatic carbocycles. The minimum absolute atomic E-state index is 0.0952. The molecule has 2 aromatic rings. The molecule has 0 unspecified atom stereocenters. The third-order valence-corrected chi connectivity index (χ3v) is 3.84. The highest BCUT2D eigenvalue weighted by Gasteiger charge is 2.27. The van der Waals surface area contributed by atoms with Crippen molar-refractivity contribution in [2.45, 2.75) is 45.4 Å². The number of fused-ring (bicyclic) bond motifs is 1. The summed E-state index contributed by atoms with van der Waals surface area (Å²) in [6.45, 7) is 11.6. The average Bonchev–Trinajstić information content (AvgIpc) is 2.66. The van der Waals surface area contributed by atoms with Crippen LogP contribution in [0, 0.1) is 0 Å². The zero-order chi connectivity index (χ0) is 14.4. The van der Waals surface area contributed by atoms with E-state index in [-0.39, 0.29) is 10.8 Å². The van der Waals surface area contributed by atoms with Crippen molar-refractivity contribution in [1.29, 1.82) is 0 Å². The first-order valence-electron chi connectivity index (χ1n) is 6.85. The molecule has 0 bridgehead atoms. The summed E-state index contributed by atoms with van der Waals surface area (Å²) in [6, 6.07) is 6.42. The van der Waals surface area contributed by atoms with Crippen molar-refractivity contribution in [3.63, 3.8) is 0 Å². The molecule has 0 amide bonds. The van der Waals surface area contributed by atoms with Gasteiger partial charge in [0.25, 0.3) is 0 Å². The quantitative estimate of drug-likeness (QED) is 0.900. The maximum Gasteiger partial charge on any atom is 0.116 e. The second-order valence-electron chi connectivity index (χ2n) is 7.01. The van der Waals surface area contributed by atoms with Crippen LogP contribution in [0.5, 0.6) is 0 Å². The van der Waals surface area contributed by atoms with E-state index >= 15 is 0 Å². The van der Waals surface area contributed by atoms with Gasteiger partial charge in [-0.1, -0.05) is 46.8 Å². The number of hydrogen-bond donors (Lipinski definition) is 1. The topological polar surface area (TPSA) is 43.8 Å². The molecule has 104 valence electrons. The number of aryl methyl sites for hydroxylation is 1. The zero-order valence-electron chi connectivity index (χ0n) is 12.9. The van der Waals surface area contributed by atoms with E-state index in [0.29, 0.717) is 6.54 Å². The number of nitrogens with two attached hydrogens (primary N) is 1. The van der Waals surface area contributed by atoms with Crippen LogP contribution >= 0.6 is 0 Å². The molecule has 0 saturated heterocycles. The molecule has 1 aromatic carbocycles. The number of benzene rings is 1. The van der Waals surface area contributed by atoms with Crippen LogP contribution in [0.15, 0.2) is 18.2 Å². The predicted octanol–water partition coefficient (Wildman–Crippen LogP) is 3.11. The van der Waals surface area contributed by atoms with Crippen molar-refractivity contribution in [1.82, 2.24) is 9.55 Å². The van der Waals surface area contributed by atoms with Gasteiger partial charge in [-0.05, 0) is 17.0 Å². The van der Waals surface area contributed by atoms with Crippen LogP contribution < -0.4 is 5.73 Å². The maximum absolute atomic E-state index is 5.90. The second-order valence-corrected chi connectivity index (χ2v) is 7.01. The first-order valence-corrected chi connectivity index (χ1v) is 6.85. The lowest BCUT2D eigenvalue weighted by Gasteiger charge is -2.21. The molecule has 3 heteroatoms. The number of para-hydroxylation sites is 1. The molecule has 2 N–H and O–H groups in total. The summed E-state index contributed by atoms with van der Waals surface area (Å²) in [7, 11) is 2.08. The molecule has 1 heterocycles. The fourth-order valence-electron chi connectivity index (χ4n) is 2.52. The van der Waals surface area contributed by atoms with Crippen LogP contribution in [0.4, 0.5) is 0 Å². The predicted molar refractivity (Wildman–Crippen MR) is 81.5 cm³/mol. The molecule has 1 aromatic heterocycles. The Balaban J connectivity index is 2.77. The van der Waals surface area contributed by atoms with Crippen LogP contribution in [-0.2, 0) is 17.9 Å². The average molecular weight is 259 g/mol. The van der Waals surface area contributed by atoms with Crippen LogP contribution in [0.1, 0.15) is 46.0 Å². The third kappa shape index (κ3) is 2.27. The third-order valence-electron chi connectivity index (χ3n) is 3.84. The number of aromatic nitrogens is 2. The van der Waals surface area contributed by atoms with E-state index in [4.69, 9.17) is 10.7 Å². The van der Waals surface area contributed by atoms with Gasteiger partial charge < -0.3 is 10.3 Å². The summed E-state index contributed by atoms with van der Waals surface area (Å²) in [5.74, 6) is 1.06. The van der Waals surface area contributed by atoms with Crippen molar-refractivity contribution in [3.8, 4) is 0 Å². The molecule has 0 atom stereocenters. The fraction of sp³-hybridized carbons (Fsp3) is 0.562. The maximum atomic E-state index is 5.90. The summed E-state index contributed by atoms with van der Waals surface area (Å²) < 4.78 is 2.18. The van der Waals surface area contributed by atoms with Crippen LogP contribution in [0.3, 0.4) is 0 Å². The zero-order valence-corrected chi connectivity index (χ0v) is 12.9. The molecular formula is C16H25N3. The van der Waals surface area contributed by atoms with E-state index < -0.39 is 0 Å². The Kier molecular flexibility index (Phi) is 3.21. The number of hydrogen-bond acceptors (Lipinski definition) is 2. The van der Waals surface area contributed by atoms with Gasteiger partial charge in [-0.15, -0.1) is 0 Å². The van der Waals surface area contributed by atoms with E-state index in [0.717, 1.165) is 11.3 Å². The molecule has 19 heavy (non-hydrogen) atoms. The summed E-state index contributed by atoms with van der Waals surface area (Å²) in [6.07, 6.45) is 0. The lowest BCUT2D eigenvalue weighted by atomic mass is 9.86. The van der Waals surface area contributed by atoms with Crippen molar-refractivity contribution >= 4 is 11.0 Å². The van der Waals surface area contributed by atoms with Gasteiger partial charge in [0.15, 0.2) is 0 Å². The van der Waals surface area contributed by atoms with Crippen molar-refractivity contribution in [3.05, 3.63) is 29.6 Å². The van der Waals surface area contributed by atoms with Crippen LogP contribution in [0.2, 0.25) is 0 Å². The van der Waals surface area contributed by atoms with Gasteiger partial charge in [-0.25, -0.2) is 4.98 Å². The van der Waals surface area contributed by atoms with Gasteiger partial charge in [-0.3, -0.25) is 0 Å². The Bertz CT molecular complexity index is 600. The molecule has 0 fully saturated rings. The number of nitrogens with zero attached hydrogens (tertiary/aromatic N) is 2. The van der Waals surface area contributed by atoms with Crippen molar-refractivity contribution < 1.29 is 0 Å². The van der Waals surface area contributed by atoms with Crippen LogP contribution in [0.25, 0.3) is 11.0 Å². The van der Waals surface area contributed by atoms with Gasteiger partial charge >= 0.3 is 0 Å². The first kappa shape index (κ1) is 14.1. The Hall–Kier alpha value is -1.35. The van der Waals surface area contributed by atoms with E-state index in [2.05, 4.69) is 64.4 Å². The fourth-order valence-corrected chi connectivity index (χ4v) is 2.52. The van der Waals surface area contributed by atoms with E-state index in [9.17, 15) is 0 Å². The minimum Gasteiger partial charge on any atom is -0.331 e.